The van der Waals surface area contributed by atoms with Crippen LogP contribution in [0, 0.1) is 0 Å². The van der Waals surface area contributed by atoms with Gasteiger partial charge >= 0.3 is 0 Å². The van der Waals surface area contributed by atoms with Gasteiger partial charge in [-0.2, -0.15) is 0 Å². The molecule has 0 atom stereocenters. The molecule has 0 aliphatic rings. The number of nitrogens with one attached hydrogen (secondary N) is 1. The van der Waals surface area contributed by atoms with Crippen molar-refractivity contribution in [2.75, 3.05) is 26.0 Å². The number of ether oxygens (including phenoxy) is 1. The van der Waals surface area contributed by atoms with Crippen molar-refractivity contribution in [1.82, 2.24) is 4.90 Å². The molecule has 1 N–H and O–H groups in total. The van der Waals surface area contributed by atoms with Gasteiger partial charge in [0.2, 0.25) is 0 Å². The van der Waals surface area contributed by atoms with E-state index in [1.165, 1.54) is 16.2 Å². The molecule has 0 radical (unpaired) electrons. The zero-order chi connectivity index (χ0) is 16.1. The number of carbonyl (C=O) groups excluding carboxylic acids is 2. The van der Waals surface area contributed by atoms with E-state index in [-0.39, 0.29) is 18.4 Å². The molecule has 1 aromatic heterocycles. The third-order valence-corrected chi connectivity index (χ3v) is 4.00. The number of hydrogen-bond acceptors (Lipinski definition) is 4. The minimum Gasteiger partial charge on any atom is -0.484 e. The van der Waals surface area contributed by atoms with Gasteiger partial charge in [0.1, 0.15) is 5.75 Å². The first-order valence-corrected chi connectivity index (χ1v) is 7.65. The van der Waals surface area contributed by atoms with Crippen LogP contribution in [0.5, 0.6) is 5.75 Å². The Morgan fingerprint density at radius 2 is 1.86 bits per heavy atom. The van der Waals surface area contributed by atoms with Crippen molar-refractivity contribution in [2.45, 2.75) is 0 Å². The van der Waals surface area contributed by atoms with Gasteiger partial charge in [-0.15, -0.1) is 11.3 Å². The van der Waals surface area contributed by atoms with E-state index in [0.29, 0.717) is 20.7 Å². The fourth-order valence-corrected chi connectivity index (χ4v) is 2.48. The second-order valence-corrected chi connectivity index (χ2v) is 6.37. The van der Waals surface area contributed by atoms with E-state index >= 15 is 0 Å². The van der Waals surface area contributed by atoms with Crippen LogP contribution in [0.2, 0.25) is 4.34 Å². The molecule has 7 heteroatoms. The maximum atomic E-state index is 12.0. The average Bonchev–Trinajstić information content (AvgIpc) is 2.92. The third kappa shape index (κ3) is 4.47. The number of hydrogen-bond donors (Lipinski definition) is 1. The molecule has 1 aromatic carbocycles. The van der Waals surface area contributed by atoms with Crippen molar-refractivity contribution in [1.29, 1.82) is 0 Å². The summed E-state index contributed by atoms with van der Waals surface area (Å²) in [7, 11) is 3.34. The van der Waals surface area contributed by atoms with Crippen molar-refractivity contribution >= 4 is 40.4 Å². The number of nitrogens with zero attached hydrogens (tertiary/aromatic N) is 1. The SMILES string of the molecule is CN(C)C(=O)COc1ccc(NC(=O)c2ccc(Cl)s2)cc1. The summed E-state index contributed by atoms with van der Waals surface area (Å²) in [5.41, 5.74) is 0.640. The molecule has 0 unspecified atom stereocenters. The number of amides is 2. The molecule has 0 aliphatic carbocycles. The van der Waals surface area contributed by atoms with Crippen molar-refractivity contribution in [3.05, 3.63) is 45.6 Å². The monoisotopic (exact) mass is 338 g/mol. The summed E-state index contributed by atoms with van der Waals surface area (Å²) in [6, 6.07) is 10.2. The summed E-state index contributed by atoms with van der Waals surface area (Å²) >= 11 is 7.02. The number of rotatable bonds is 5. The van der Waals surface area contributed by atoms with E-state index in [9.17, 15) is 9.59 Å². The summed E-state index contributed by atoms with van der Waals surface area (Å²) in [5.74, 6) is 0.229. The molecule has 22 heavy (non-hydrogen) atoms. The Balaban J connectivity index is 1.91. The molecular weight excluding hydrogens is 324 g/mol. The number of carbonyl (C=O) groups is 2. The van der Waals surface area contributed by atoms with Crippen LogP contribution in [0.1, 0.15) is 9.67 Å². The first-order valence-electron chi connectivity index (χ1n) is 6.45. The first kappa shape index (κ1) is 16.3. The van der Waals surface area contributed by atoms with E-state index in [0.717, 1.165) is 0 Å². The summed E-state index contributed by atoms with van der Waals surface area (Å²) in [4.78, 5) is 25.4. The van der Waals surface area contributed by atoms with Gasteiger partial charge in [0.25, 0.3) is 11.8 Å². The lowest BCUT2D eigenvalue weighted by Crippen LogP contribution is -2.27. The quantitative estimate of drug-likeness (QED) is 0.911. The topological polar surface area (TPSA) is 58.6 Å². The normalized spacial score (nSPS) is 10.1. The molecule has 5 nitrogen and oxygen atoms in total. The number of anilines is 1. The van der Waals surface area contributed by atoms with Gasteiger partial charge in [-0.3, -0.25) is 9.59 Å². The molecule has 0 bridgehead atoms. The Kier molecular flexibility index (Phi) is 5.41. The fraction of sp³-hybridized carbons (Fsp3) is 0.200. The van der Waals surface area contributed by atoms with Crippen LogP contribution in [0.3, 0.4) is 0 Å². The number of thiophene rings is 1. The van der Waals surface area contributed by atoms with Crippen LogP contribution < -0.4 is 10.1 Å². The summed E-state index contributed by atoms with van der Waals surface area (Å²) in [6.45, 7) is -0.0214. The number of halogens is 1. The van der Waals surface area contributed by atoms with Crippen LogP contribution in [-0.2, 0) is 4.79 Å². The Morgan fingerprint density at radius 3 is 2.41 bits per heavy atom. The third-order valence-electron chi connectivity index (χ3n) is 2.77. The Labute approximate surface area is 137 Å². The highest BCUT2D eigenvalue weighted by Gasteiger charge is 2.09. The zero-order valence-electron chi connectivity index (χ0n) is 12.1. The van der Waals surface area contributed by atoms with Gasteiger partial charge in [-0.25, -0.2) is 0 Å². The Hall–Kier alpha value is -2.05. The minimum absolute atomic E-state index is 0.0214. The van der Waals surface area contributed by atoms with Crippen LogP contribution in [0.15, 0.2) is 36.4 Å². The van der Waals surface area contributed by atoms with E-state index in [1.54, 1.807) is 50.5 Å². The highest BCUT2D eigenvalue weighted by Crippen LogP contribution is 2.23. The molecule has 2 aromatic rings. The maximum absolute atomic E-state index is 12.0. The predicted molar refractivity (Wildman–Crippen MR) is 87.9 cm³/mol. The molecular formula is C15H15ClN2O3S. The summed E-state index contributed by atoms with van der Waals surface area (Å²) in [5, 5.41) is 2.76. The molecule has 1 heterocycles. The van der Waals surface area contributed by atoms with E-state index in [1.807, 2.05) is 0 Å². The minimum atomic E-state index is -0.214. The molecule has 2 amide bonds. The lowest BCUT2D eigenvalue weighted by molar-refractivity contribution is -0.130. The smallest absolute Gasteiger partial charge is 0.265 e. The largest absolute Gasteiger partial charge is 0.484 e. The molecule has 0 spiro atoms. The number of benzene rings is 1. The Bertz CT molecular complexity index is 668. The van der Waals surface area contributed by atoms with Crippen molar-refractivity contribution in [3.63, 3.8) is 0 Å². The van der Waals surface area contributed by atoms with Crippen LogP contribution in [0.4, 0.5) is 5.69 Å². The molecule has 0 fully saturated rings. The van der Waals surface area contributed by atoms with Gasteiger partial charge in [0, 0.05) is 19.8 Å². The predicted octanol–water partition coefficient (Wildman–Crippen LogP) is 3.12. The van der Waals surface area contributed by atoms with Gasteiger partial charge in [0.15, 0.2) is 6.61 Å². The highest BCUT2D eigenvalue weighted by molar-refractivity contribution is 7.18. The fourth-order valence-electron chi connectivity index (χ4n) is 1.54. The van der Waals surface area contributed by atoms with Gasteiger partial charge in [-0.05, 0) is 36.4 Å². The van der Waals surface area contributed by atoms with Crippen molar-refractivity contribution < 1.29 is 14.3 Å². The Morgan fingerprint density at radius 1 is 1.18 bits per heavy atom. The lowest BCUT2D eigenvalue weighted by Gasteiger charge is -2.11. The molecule has 116 valence electrons. The maximum Gasteiger partial charge on any atom is 0.265 e. The van der Waals surface area contributed by atoms with Gasteiger partial charge in [0.05, 0.1) is 9.21 Å². The van der Waals surface area contributed by atoms with E-state index in [4.69, 9.17) is 16.3 Å². The molecule has 0 saturated heterocycles. The van der Waals surface area contributed by atoms with Crippen molar-refractivity contribution in [3.8, 4) is 5.75 Å². The first-order chi connectivity index (χ1) is 10.5. The summed E-state index contributed by atoms with van der Waals surface area (Å²) in [6.07, 6.45) is 0. The van der Waals surface area contributed by atoms with E-state index in [2.05, 4.69) is 5.32 Å². The van der Waals surface area contributed by atoms with Gasteiger partial charge in [-0.1, -0.05) is 11.6 Å². The average molecular weight is 339 g/mol. The van der Waals surface area contributed by atoms with Crippen LogP contribution in [0.25, 0.3) is 0 Å². The lowest BCUT2D eigenvalue weighted by atomic mass is 10.3. The molecule has 2 rings (SSSR count). The van der Waals surface area contributed by atoms with Crippen LogP contribution >= 0.6 is 22.9 Å². The zero-order valence-corrected chi connectivity index (χ0v) is 13.7. The van der Waals surface area contributed by atoms with Gasteiger partial charge < -0.3 is 15.0 Å². The number of likely N-dealkylation sites (N-methyl/N-ethyl adjacent to an activating group) is 1. The van der Waals surface area contributed by atoms with E-state index < -0.39 is 0 Å². The standard InChI is InChI=1S/C15H15ClN2O3S/c1-18(2)14(19)9-21-11-5-3-10(4-6-11)17-15(20)12-7-8-13(16)22-12/h3-8H,9H2,1-2H3,(H,17,20). The van der Waals surface area contributed by atoms with Crippen molar-refractivity contribution in [2.24, 2.45) is 0 Å². The second kappa shape index (κ2) is 7.29. The summed E-state index contributed by atoms with van der Waals surface area (Å²) < 4.78 is 5.93. The molecule has 0 saturated carbocycles. The second-order valence-electron chi connectivity index (χ2n) is 4.66. The molecule has 0 aliphatic heterocycles. The van der Waals surface area contributed by atoms with Crippen LogP contribution in [-0.4, -0.2) is 37.4 Å². The highest BCUT2D eigenvalue weighted by atomic mass is 35.5.